The first kappa shape index (κ1) is 12.2. The van der Waals surface area contributed by atoms with E-state index in [4.69, 9.17) is 0 Å². The fraction of sp³-hybridized carbons (Fsp3) is 0.0769. The summed E-state index contributed by atoms with van der Waals surface area (Å²) < 4.78 is 26.3. The number of benzene rings is 1. The minimum absolute atomic E-state index is 0.292. The topological polar surface area (TPSA) is 42.0 Å². The number of amides is 1. The Labute approximate surface area is 102 Å². The number of nitrogens with zero attached hydrogens (tertiary/aromatic N) is 1. The highest BCUT2D eigenvalue weighted by Crippen LogP contribution is 2.15. The van der Waals surface area contributed by atoms with Crippen LogP contribution in [0.25, 0.3) is 0 Å². The smallest absolute Gasteiger partial charge is 0.277 e. The maximum absolute atomic E-state index is 13.3. The number of rotatable bonds is 2. The Bertz CT molecular complexity index is 599. The van der Waals surface area contributed by atoms with Gasteiger partial charge in [0.05, 0.1) is 0 Å². The van der Waals surface area contributed by atoms with Crippen molar-refractivity contribution in [2.75, 3.05) is 5.32 Å². The van der Waals surface area contributed by atoms with E-state index >= 15 is 0 Å². The highest BCUT2D eigenvalue weighted by Gasteiger charge is 2.13. The van der Waals surface area contributed by atoms with Crippen LogP contribution in [0, 0.1) is 18.6 Å². The summed E-state index contributed by atoms with van der Waals surface area (Å²) in [7, 11) is 0. The Kier molecular flexibility index (Phi) is 3.32. The highest BCUT2D eigenvalue weighted by molar-refractivity contribution is 6.03. The molecule has 18 heavy (non-hydrogen) atoms. The highest BCUT2D eigenvalue weighted by atomic mass is 19.1. The first-order valence-corrected chi connectivity index (χ1v) is 5.26. The molecular weight excluding hydrogens is 238 g/mol. The molecule has 0 radical (unpaired) electrons. The van der Waals surface area contributed by atoms with Crippen molar-refractivity contribution in [3.8, 4) is 0 Å². The number of aromatic nitrogens is 1. The molecule has 0 saturated heterocycles. The van der Waals surface area contributed by atoms with Gasteiger partial charge in [0.2, 0.25) is 0 Å². The molecule has 1 heterocycles. The second kappa shape index (κ2) is 4.91. The monoisotopic (exact) mass is 248 g/mol. The molecule has 1 amide bonds. The second-order valence-corrected chi connectivity index (χ2v) is 3.75. The second-order valence-electron chi connectivity index (χ2n) is 3.75. The molecule has 1 N–H and O–H groups in total. The van der Waals surface area contributed by atoms with Crippen LogP contribution in [0.3, 0.4) is 0 Å². The number of nitrogens with one attached hydrogen (secondary N) is 1. The van der Waals surface area contributed by atoms with E-state index in [0.29, 0.717) is 11.3 Å². The van der Waals surface area contributed by atoms with Gasteiger partial charge in [-0.1, -0.05) is 0 Å². The van der Waals surface area contributed by atoms with E-state index in [2.05, 4.69) is 10.3 Å². The molecule has 0 fully saturated rings. The van der Waals surface area contributed by atoms with Crippen molar-refractivity contribution < 1.29 is 13.6 Å². The van der Waals surface area contributed by atoms with Crippen LogP contribution >= 0.6 is 0 Å². The molecule has 2 aromatic rings. The number of carbonyl (C=O) groups is 1. The fourth-order valence-corrected chi connectivity index (χ4v) is 1.47. The van der Waals surface area contributed by atoms with Crippen LogP contribution in [-0.4, -0.2) is 10.9 Å². The van der Waals surface area contributed by atoms with E-state index < -0.39 is 11.7 Å². The lowest BCUT2D eigenvalue weighted by Crippen LogP contribution is -2.15. The van der Waals surface area contributed by atoms with Gasteiger partial charge in [0.1, 0.15) is 5.82 Å². The Morgan fingerprint density at radius 2 is 2.00 bits per heavy atom. The lowest BCUT2D eigenvalue weighted by atomic mass is 10.2. The van der Waals surface area contributed by atoms with Gasteiger partial charge in [0.15, 0.2) is 11.5 Å². The van der Waals surface area contributed by atoms with Gasteiger partial charge in [-0.15, -0.1) is 0 Å². The zero-order chi connectivity index (χ0) is 13.1. The molecule has 1 aromatic heterocycles. The Morgan fingerprint density at radius 3 is 2.67 bits per heavy atom. The predicted molar refractivity (Wildman–Crippen MR) is 63.3 cm³/mol. The molecule has 0 saturated carbocycles. The van der Waals surface area contributed by atoms with Gasteiger partial charge in [0, 0.05) is 11.9 Å². The molecule has 2 rings (SSSR count). The minimum atomic E-state index is -0.700. The first-order valence-electron chi connectivity index (χ1n) is 5.26. The van der Waals surface area contributed by atoms with Crippen LogP contribution in [0.1, 0.15) is 16.1 Å². The zero-order valence-corrected chi connectivity index (χ0v) is 9.58. The fourth-order valence-electron chi connectivity index (χ4n) is 1.47. The largest absolute Gasteiger partial charge is 0.321 e. The third kappa shape index (κ3) is 2.51. The van der Waals surface area contributed by atoms with E-state index in [1.807, 2.05) is 0 Å². The van der Waals surface area contributed by atoms with Gasteiger partial charge in [-0.2, -0.15) is 0 Å². The molecule has 0 aliphatic rings. The van der Waals surface area contributed by atoms with Crippen LogP contribution in [0.5, 0.6) is 0 Å². The van der Waals surface area contributed by atoms with Crippen molar-refractivity contribution in [1.82, 2.24) is 4.98 Å². The number of pyridine rings is 1. The summed E-state index contributed by atoms with van der Waals surface area (Å²) in [5.41, 5.74) is 0.498. The zero-order valence-electron chi connectivity index (χ0n) is 9.58. The molecule has 3 nitrogen and oxygen atoms in total. The number of aryl methyl sites for hydroxylation is 1. The van der Waals surface area contributed by atoms with Crippen molar-refractivity contribution in [1.29, 1.82) is 0 Å². The standard InChI is InChI=1S/C13H10F2N2O/c1-8-7-9(4-5-10(8)14)17-13(18)12-11(15)3-2-6-16-12/h2-7H,1H3,(H,17,18). The molecule has 0 spiro atoms. The molecule has 92 valence electrons. The predicted octanol–water partition coefficient (Wildman–Crippen LogP) is 2.92. The van der Waals surface area contributed by atoms with Gasteiger partial charge in [-0.3, -0.25) is 4.79 Å². The van der Waals surface area contributed by atoms with Crippen molar-refractivity contribution in [2.24, 2.45) is 0 Å². The summed E-state index contributed by atoms with van der Waals surface area (Å²) >= 11 is 0. The quantitative estimate of drug-likeness (QED) is 0.887. The number of hydrogen-bond acceptors (Lipinski definition) is 2. The van der Waals surface area contributed by atoms with Crippen molar-refractivity contribution >= 4 is 11.6 Å². The first-order chi connectivity index (χ1) is 8.58. The van der Waals surface area contributed by atoms with Gasteiger partial charge in [-0.05, 0) is 42.8 Å². The summed E-state index contributed by atoms with van der Waals surface area (Å²) in [6.07, 6.45) is 1.33. The Hall–Kier alpha value is -2.30. The maximum Gasteiger partial charge on any atom is 0.277 e. The molecule has 0 aliphatic carbocycles. The summed E-state index contributed by atoms with van der Waals surface area (Å²) in [5, 5.41) is 2.46. The average molecular weight is 248 g/mol. The summed E-state index contributed by atoms with van der Waals surface area (Å²) in [4.78, 5) is 15.4. The van der Waals surface area contributed by atoms with E-state index in [-0.39, 0.29) is 11.5 Å². The van der Waals surface area contributed by atoms with Gasteiger partial charge < -0.3 is 5.32 Å². The van der Waals surface area contributed by atoms with Crippen LogP contribution < -0.4 is 5.32 Å². The van der Waals surface area contributed by atoms with E-state index in [0.717, 1.165) is 6.07 Å². The van der Waals surface area contributed by atoms with Crippen molar-refractivity contribution in [2.45, 2.75) is 6.92 Å². The van der Waals surface area contributed by atoms with Gasteiger partial charge in [0.25, 0.3) is 5.91 Å². The Balaban J connectivity index is 2.22. The lowest BCUT2D eigenvalue weighted by Gasteiger charge is -2.06. The van der Waals surface area contributed by atoms with Crippen LogP contribution in [0.4, 0.5) is 14.5 Å². The third-order valence-electron chi connectivity index (χ3n) is 2.39. The molecule has 5 heteroatoms. The van der Waals surface area contributed by atoms with Gasteiger partial charge >= 0.3 is 0 Å². The van der Waals surface area contributed by atoms with Crippen molar-refractivity contribution in [3.63, 3.8) is 0 Å². The van der Waals surface area contributed by atoms with Crippen molar-refractivity contribution in [3.05, 3.63) is 59.4 Å². The maximum atomic E-state index is 13.3. The minimum Gasteiger partial charge on any atom is -0.321 e. The number of anilines is 1. The number of carbonyl (C=O) groups excluding carboxylic acids is 1. The Morgan fingerprint density at radius 1 is 1.22 bits per heavy atom. The van der Waals surface area contributed by atoms with E-state index in [1.165, 1.54) is 30.5 Å². The third-order valence-corrected chi connectivity index (χ3v) is 2.39. The molecule has 0 aliphatic heterocycles. The normalized spacial score (nSPS) is 10.2. The molecule has 0 unspecified atom stereocenters. The molecule has 1 aromatic carbocycles. The molecule has 0 bridgehead atoms. The lowest BCUT2D eigenvalue weighted by molar-refractivity contribution is 0.101. The number of hydrogen-bond donors (Lipinski definition) is 1. The summed E-state index contributed by atoms with van der Waals surface area (Å²) in [5.74, 6) is -1.73. The van der Waals surface area contributed by atoms with E-state index in [1.54, 1.807) is 6.92 Å². The average Bonchev–Trinajstić information content (AvgIpc) is 2.34. The van der Waals surface area contributed by atoms with Crippen LogP contribution in [0.2, 0.25) is 0 Å². The summed E-state index contributed by atoms with van der Waals surface area (Å²) in [6.45, 7) is 1.58. The van der Waals surface area contributed by atoms with Gasteiger partial charge in [-0.25, -0.2) is 13.8 Å². The number of halogens is 2. The molecule has 0 atom stereocenters. The van der Waals surface area contributed by atoms with Crippen LogP contribution in [0.15, 0.2) is 36.5 Å². The SMILES string of the molecule is Cc1cc(NC(=O)c2ncccc2F)ccc1F. The molecular formula is C13H10F2N2O. The van der Waals surface area contributed by atoms with E-state index in [9.17, 15) is 13.6 Å². The summed E-state index contributed by atoms with van der Waals surface area (Å²) in [6, 6.07) is 6.65. The van der Waals surface area contributed by atoms with Crippen LogP contribution in [-0.2, 0) is 0 Å².